The van der Waals surface area contributed by atoms with E-state index in [1.54, 1.807) is 12.4 Å². The number of aryl methyl sites for hydroxylation is 1. The van der Waals surface area contributed by atoms with Crippen LogP contribution in [0, 0.1) is 0 Å². The van der Waals surface area contributed by atoms with Gasteiger partial charge in [0.25, 0.3) is 0 Å². The van der Waals surface area contributed by atoms with Crippen molar-refractivity contribution < 1.29 is 4.79 Å². The van der Waals surface area contributed by atoms with Crippen LogP contribution in [0.5, 0.6) is 0 Å². The highest BCUT2D eigenvalue weighted by molar-refractivity contribution is 5.75. The molecule has 1 heterocycles. The molecule has 116 valence electrons. The Morgan fingerprint density at radius 2 is 1.64 bits per heavy atom. The number of amides is 1. The maximum absolute atomic E-state index is 12.1. The maximum Gasteiger partial charge on any atom is 0.222 e. The van der Waals surface area contributed by atoms with E-state index < -0.39 is 0 Å². The van der Waals surface area contributed by atoms with Gasteiger partial charge in [-0.3, -0.25) is 9.78 Å². The maximum atomic E-state index is 12.1. The molecule has 0 bridgehead atoms. The molecule has 0 aliphatic carbocycles. The van der Waals surface area contributed by atoms with Gasteiger partial charge >= 0.3 is 0 Å². The van der Waals surface area contributed by atoms with Crippen LogP contribution in [-0.2, 0) is 17.6 Å². The molecule has 2 rings (SSSR count). The Labute approximate surface area is 133 Å². The zero-order valence-electron chi connectivity index (χ0n) is 13.2. The Morgan fingerprint density at radius 1 is 0.955 bits per heavy atom. The molecule has 1 aromatic carbocycles. The molecule has 1 aromatic heterocycles. The van der Waals surface area contributed by atoms with Crippen LogP contribution in [0.1, 0.15) is 30.4 Å². The summed E-state index contributed by atoms with van der Waals surface area (Å²) < 4.78 is 0. The lowest BCUT2D eigenvalue weighted by Gasteiger charge is -2.17. The van der Waals surface area contributed by atoms with Crippen molar-refractivity contribution in [3.05, 3.63) is 66.0 Å². The Kier molecular flexibility index (Phi) is 6.62. The van der Waals surface area contributed by atoms with E-state index in [-0.39, 0.29) is 5.91 Å². The molecule has 22 heavy (non-hydrogen) atoms. The van der Waals surface area contributed by atoms with E-state index in [2.05, 4.69) is 29.2 Å². The van der Waals surface area contributed by atoms with E-state index in [0.717, 1.165) is 32.2 Å². The zero-order chi connectivity index (χ0) is 15.6. The average molecular weight is 296 g/mol. The summed E-state index contributed by atoms with van der Waals surface area (Å²) in [7, 11) is 1.89. The predicted octanol–water partition coefficient (Wildman–Crippen LogP) is 3.50. The highest BCUT2D eigenvalue weighted by Gasteiger charge is 2.08. The molecule has 2 aromatic rings. The second-order valence-electron chi connectivity index (χ2n) is 5.61. The van der Waals surface area contributed by atoms with Crippen molar-refractivity contribution in [3.8, 4) is 0 Å². The molecule has 1 amide bonds. The van der Waals surface area contributed by atoms with Crippen LogP contribution in [0.2, 0.25) is 0 Å². The highest BCUT2D eigenvalue weighted by Crippen LogP contribution is 2.08. The molecule has 0 saturated heterocycles. The van der Waals surface area contributed by atoms with Gasteiger partial charge < -0.3 is 4.90 Å². The Balaban J connectivity index is 1.62. The summed E-state index contributed by atoms with van der Waals surface area (Å²) in [4.78, 5) is 17.9. The first-order valence-corrected chi connectivity index (χ1v) is 7.92. The van der Waals surface area contributed by atoms with E-state index in [0.29, 0.717) is 6.42 Å². The van der Waals surface area contributed by atoms with E-state index >= 15 is 0 Å². The lowest BCUT2D eigenvalue weighted by Crippen LogP contribution is -2.28. The van der Waals surface area contributed by atoms with Gasteiger partial charge in [0.15, 0.2) is 0 Å². The molecule has 0 unspecified atom stereocenters. The molecular weight excluding hydrogens is 272 g/mol. The number of pyridine rings is 1. The number of aromatic nitrogens is 1. The number of likely N-dealkylation sites (N-methyl/N-ethyl adjacent to an activating group) is 1. The summed E-state index contributed by atoms with van der Waals surface area (Å²) in [6.07, 6.45) is 8.17. The molecule has 0 aliphatic rings. The van der Waals surface area contributed by atoms with Crippen LogP contribution in [-0.4, -0.2) is 29.4 Å². The first-order valence-electron chi connectivity index (χ1n) is 7.92. The zero-order valence-corrected chi connectivity index (χ0v) is 13.2. The van der Waals surface area contributed by atoms with Gasteiger partial charge in [-0.2, -0.15) is 0 Å². The standard InChI is InChI=1S/C19H24N2O/c1-21(16-13-18-11-14-20-15-12-18)19(22)10-6-5-9-17-7-3-2-4-8-17/h2-4,7-8,11-12,14-15H,5-6,9-10,13,16H2,1H3. The fourth-order valence-corrected chi connectivity index (χ4v) is 2.41. The monoisotopic (exact) mass is 296 g/mol. The number of hydrogen-bond donors (Lipinski definition) is 0. The molecule has 0 spiro atoms. The van der Waals surface area contributed by atoms with Crippen molar-refractivity contribution in [1.82, 2.24) is 9.88 Å². The normalized spacial score (nSPS) is 10.4. The van der Waals surface area contributed by atoms with E-state index in [1.807, 2.05) is 30.1 Å². The van der Waals surface area contributed by atoms with E-state index in [1.165, 1.54) is 11.1 Å². The summed E-state index contributed by atoms with van der Waals surface area (Å²) >= 11 is 0. The van der Waals surface area contributed by atoms with Gasteiger partial charge in [-0.15, -0.1) is 0 Å². The lowest BCUT2D eigenvalue weighted by atomic mass is 10.1. The van der Waals surface area contributed by atoms with Crippen molar-refractivity contribution in [1.29, 1.82) is 0 Å². The Bertz CT molecular complexity index is 554. The van der Waals surface area contributed by atoms with Crippen molar-refractivity contribution in [2.75, 3.05) is 13.6 Å². The van der Waals surface area contributed by atoms with E-state index in [4.69, 9.17) is 0 Å². The second kappa shape index (κ2) is 8.98. The molecular formula is C19H24N2O. The number of carbonyl (C=O) groups is 1. The largest absolute Gasteiger partial charge is 0.345 e. The Morgan fingerprint density at radius 3 is 2.36 bits per heavy atom. The van der Waals surface area contributed by atoms with Crippen LogP contribution in [0.25, 0.3) is 0 Å². The quantitative estimate of drug-likeness (QED) is 0.699. The molecule has 0 saturated carbocycles. The third-order valence-corrected chi connectivity index (χ3v) is 3.86. The van der Waals surface area contributed by atoms with Gasteiger partial charge in [-0.05, 0) is 48.9 Å². The Hall–Kier alpha value is -2.16. The van der Waals surface area contributed by atoms with Crippen LogP contribution in [0.4, 0.5) is 0 Å². The number of unbranched alkanes of at least 4 members (excludes halogenated alkanes) is 1. The van der Waals surface area contributed by atoms with Crippen molar-refractivity contribution in [2.45, 2.75) is 32.1 Å². The molecule has 0 aliphatic heterocycles. The predicted molar refractivity (Wildman–Crippen MR) is 89.6 cm³/mol. The first kappa shape index (κ1) is 16.2. The molecule has 3 nitrogen and oxygen atoms in total. The van der Waals surface area contributed by atoms with Crippen LogP contribution >= 0.6 is 0 Å². The highest BCUT2D eigenvalue weighted by atomic mass is 16.2. The van der Waals surface area contributed by atoms with Crippen LogP contribution in [0.15, 0.2) is 54.9 Å². The summed E-state index contributed by atoms with van der Waals surface area (Å²) in [5.74, 6) is 0.238. The average Bonchev–Trinajstić information content (AvgIpc) is 2.58. The minimum Gasteiger partial charge on any atom is -0.345 e. The van der Waals surface area contributed by atoms with Gasteiger partial charge in [0.05, 0.1) is 0 Å². The van der Waals surface area contributed by atoms with Gasteiger partial charge in [0.2, 0.25) is 5.91 Å². The molecule has 3 heteroatoms. The molecule has 0 atom stereocenters. The van der Waals surface area contributed by atoms with Gasteiger partial charge in [0.1, 0.15) is 0 Å². The van der Waals surface area contributed by atoms with Gasteiger partial charge in [-0.1, -0.05) is 30.3 Å². The van der Waals surface area contributed by atoms with Gasteiger partial charge in [-0.25, -0.2) is 0 Å². The topological polar surface area (TPSA) is 33.2 Å². The summed E-state index contributed by atoms with van der Waals surface area (Å²) in [6, 6.07) is 14.4. The van der Waals surface area contributed by atoms with Crippen LogP contribution < -0.4 is 0 Å². The molecule has 0 radical (unpaired) electrons. The number of benzene rings is 1. The minimum atomic E-state index is 0.238. The smallest absolute Gasteiger partial charge is 0.222 e. The number of hydrogen-bond acceptors (Lipinski definition) is 2. The van der Waals surface area contributed by atoms with E-state index in [9.17, 15) is 4.79 Å². The fraction of sp³-hybridized carbons (Fsp3) is 0.368. The SMILES string of the molecule is CN(CCc1ccncc1)C(=O)CCCCc1ccccc1. The first-order chi connectivity index (χ1) is 10.8. The lowest BCUT2D eigenvalue weighted by molar-refractivity contribution is -0.130. The number of rotatable bonds is 8. The van der Waals surface area contributed by atoms with Gasteiger partial charge in [0, 0.05) is 32.4 Å². The van der Waals surface area contributed by atoms with Crippen molar-refractivity contribution in [3.63, 3.8) is 0 Å². The molecule has 0 N–H and O–H groups in total. The summed E-state index contributed by atoms with van der Waals surface area (Å²) in [6.45, 7) is 0.765. The van der Waals surface area contributed by atoms with Crippen LogP contribution in [0.3, 0.4) is 0 Å². The third-order valence-electron chi connectivity index (χ3n) is 3.86. The van der Waals surface area contributed by atoms with Crippen molar-refractivity contribution >= 4 is 5.91 Å². The fourth-order valence-electron chi connectivity index (χ4n) is 2.41. The number of nitrogens with zero attached hydrogens (tertiary/aromatic N) is 2. The number of carbonyl (C=O) groups excluding carboxylic acids is 1. The second-order valence-corrected chi connectivity index (χ2v) is 5.61. The summed E-state index contributed by atoms with van der Waals surface area (Å²) in [5, 5.41) is 0. The summed E-state index contributed by atoms with van der Waals surface area (Å²) in [5.41, 5.74) is 2.57. The minimum absolute atomic E-state index is 0.238. The molecule has 0 fully saturated rings. The third kappa shape index (κ3) is 5.68. The van der Waals surface area contributed by atoms with Crippen molar-refractivity contribution in [2.24, 2.45) is 0 Å².